The van der Waals surface area contributed by atoms with Crippen molar-refractivity contribution in [2.45, 2.75) is 51.7 Å². The first-order valence-electron chi connectivity index (χ1n) is 6.12. The van der Waals surface area contributed by atoms with Gasteiger partial charge in [-0.05, 0) is 19.3 Å². The number of amides is 1. The highest BCUT2D eigenvalue weighted by Gasteiger charge is 2.48. The van der Waals surface area contributed by atoms with E-state index in [1.54, 1.807) is 0 Å². The van der Waals surface area contributed by atoms with Crippen molar-refractivity contribution in [3.8, 4) is 0 Å². The number of carboxylic acid groups (broad SMARTS) is 1. The second-order valence-electron chi connectivity index (χ2n) is 5.67. The smallest absolute Gasteiger partial charge is 0.394 e. The van der Waals surface area contributed by atoms with Crippen LogP contribution in [0.1, 0.15) is 39.5 Å². The lowest BCUT2D eigenvalue weighted by Gasteiger charge is -2.27. The summed E-state index contributed by atoms with van der Waals surface area (Å²) in [5, 5.41) is 11.3. The highest BCUT2D eigenvalue weighted by Crippen LogP contribution is 2.40. The second kappa shape index (κ2) is 5.38. The number of carbonyl (C=O) groups excluding carboxylic acids is 1. The standard InChI is InChI=1S/C12H18F3NO3/c1-11(2,12(13,14)15)6-9(17)16-8-4-3-7(5-8)10(18)19/h7-8H,3-6H2,1-2H3,(H,16,17)(H,18,19)/t7-,8+/m0/s1. The van der Waals surface area contributed by atoms with E-state index in [4.69, 9.17) is 5.11 Å². The molecule has 0 aromatic rings. The average Bonchev–Trinajstić information content (AvgIpc) is 2.63. The molecule has 0 aromatic heterocycles. The van der Waals surface area contributed by atoms with Gasteiger partial charge in [-0.3, -0.25) is 9.59 Å². The van der Waals surface area contributed by atoms with E-state index in [2.05, 4.69) is 5.32 Å². The molecule has 0 aromatic carbocycles. The Morgan fingerprint density at radius 1 is 1.26 bits per heavy atom. The Balaban J connectivity index is 2.47. The average molecular weight is 281 g/mol. The third-order valence-electron chi connectivity index (χ3n) is 3.52. The lowest BCUT2D eigenvalue weighted by atomic mass is 9.88. The zero-order chi connectivity index (χ0) is 14.8. The van der Waals surface area contributed by atoms with Gasteiger partial charge in [-0.25, -0.2) is 0 Å². The van der Waals surface area contributed by atoms with Crippen LogP contribution in [-0.4, -0.2) is 29.2 Å². The van der Waals surface area contributed by atoms with E-state index in [0.717, 1.165) is 13.8 Å². The summed E-state index contributed by atoms with van der Waals surface area (Å²) in [6.45, 7) is 1.95. The molecule has 0 radical (unpaired) electrons. The molecule has 4 nitrogen and oxygen atoms in total. The van der Waals surface area contributed by atoms with Crippen molar-refractivity contribution >= 4 is 11.9 Å². The van der Waals surface area contributed by atoms with Gasteiger partial charge in [0.1, 0.15) is 0 Å². The van der Waals surface area contributed by atoms with Crippen LogP contribution < -0.4 is 5.32 Å². The molecule has 1 fully saturated rings. The molecule has 0 unspecified atom stereocenters. The summed E-state index contributed by atoms with van der Waals surface area (Å²) in [7, 11) is 0. The summed E-state index contributed by atoms with van der Waals surface area (Å²) in [6, 6.07) is -0.336. The molecule has 0 spiro atoms. The fraction of sp³-hybridized carbons (Fsp3) is 0.833. The highest BCUT2D eigenvalue weighted by molar-refractivity contribution is 5.77. The Hall–Kier alpha value is -1.27. The van der Waals surface area contributed by atoms with Gasteiger partial charge >= 0.3 is 12.1 Å². The SMILES string of the molecule is CC(C)(CC(=O)N[C@@H]1CC[C@H](C(=O)O)C1)C(F)(F)F. The summed E-state index contributed by atoms with van der Waals surface area (Å²) in [4.78, 5) is 22.3. The monoisotopic (exact) mass is 281 g/mol. The molecule has 19 heavy (non-hydrogen) atoms. The van der Waals surface area contributed by atoms with Crippen molar-refractivity contribution in [2.24, 2.45) is 11.3 Å². The van der Waals surface area contributed by atoms with Crippen molar-refractivity contribution in [3.63, 3.8) is 0 Å². The molecule has 7 heteroatoms. The zero-order valence-electron chi connectivity index (χ0n) is 10.9. The first kappa shape index (κ1) is 15.8. The molecule has 1 amide bonds. The largest absolute Gasteiger partial charge is 0.481 e. The number of carbonyl (C=O) groups is 2. The number of halogens is 3. The predicted molar refractivity (Wildman–Crippen MR) is 61.4 cm³/mol. The van der Waals surface area contributed by atoms with Gasteiger partial charge in [-0.1, -0.05) is 13.8 Å². The normalized spacial score (nSPS) is 24.3. The van der Waals surface area contributed by atoms with Gasteiger partial charge in [0.25, 0.3) is 0 Å². The molecule has 1 rings (SSSR count). The second-order valence-corrected chi connectivity index (χ2v) is 5.67. The molecule has 110 valence electrons. The fourth-order valence-corrected chi connectivity index (χ4v) is 2.12. The number of hydrogen-bond donors (Lipinski definition) is 2. The first-order chi connectivity index (χ1) is 8.53. The van der Waals surface area contributed by atoms with Gasteiger partial charge in [-0.2, -0.15) is 13.2 Å². The molecule has 1 aliphatic carbocycles. The van der Waals surface area contributed by atoms with Crippen LogP contribution in [-0.2, 0) is 9.59 Å². The van der Waals surface area contributed by atoms with E-state index in [1.807, 2.05) is 0 Å². The van der Waals surface area contributed by atoms with Gasteiger partial charge in [0.15, 0.2) is 0 Å². The Morgan fingerprint density at radius 3 is 2.26 bits per heavy atom. The molecule has 2 atom stereocenters. The molecule has 1 saturated carbocycles. The number of alkyl halides is 3. The lowest BCUT2D eigenvalue weighted by Crippen LogP contribution is -2.41. The minimum absolute atomic E-state index is 0.285. The topological polar surface area (TPSA) is 66.4 Å². The van der Waals surface area contributed by atoms with Crippen molar-refractivity contribution in [1.29, 1.82) is 0 Å². The van der Waals surface area contributed by atoms with Crippen LogP contribution >= 0.6 is 0 Å². The quantitative estimate of drug-likeness (QED) is 0.831. The molecule has 2 N–H and O–H groups in total. The Kier molecular flexibility index (Phi) is 4.47. The van der Waals surface area contributed by atoms with E-state index < -0.39 is 35.8 Å². The highest BCUT2D eigenvalue weighted by atomic mass is 19.4. The first-order valence-corrected chi connectivity index (χ1v) is 6.12. The van der Waals surface area contributed by atoms with Crippen LogP contribution in [0, 0.1) is 11.3 Å². The zero-order valence-corrected chi connectivity index (χ0v) is 10.9. The molecule has 0 aliphatic heterocycles. The van der Waals surface area contributed by atoms with Gasteiger partial charge in [0.05, 0.1) is 11.3 Å². The van der Waals surface area contributed by atoms with Crippen molar-refractivity contribution in [1.82, 2.24) is 5.32 Å². The third-order valence-corrected chi connectivity index (χ3v) is 3.52. The Bertz CT molecular complexity index is 366. The van der Waals surface area contributed by atoms with Crippen LogP contribution in [0.15, 0.2) is 0 Å². The van der Waals surface area contributed by atoms with Gasteiger partial charge < -0.3 is 10.4 Å². The van der Waals surface area contributed by atoms with E-state index in [-0.39, 0.29) is 12.5 Å². The van der Waals surface area contributed by atoms with E-state index >= 15 is 0 Å². The van der Waals surface area contributed by atoms with Crippen LogP contribution in [0.4, 0.5) is 13.2 Å². The number of carboxylic acids is 1. The van der Waals surface area contributed by atoms with E-state index in [1.165, 1.54) is 0 Å². The molecular weight excluding hydrogens is 263 g/mol. The summed E-state index contributed by atoms with van der Waals surface area (Å²) in [5.74, 6) is -2.12. The van der Waals surface area contributed by atoms with Crippen LogP contribution in [0.2, 0.25) is 0 Å². The summed E-state index contributed by atoms with van der Waals surface area (Å²) in [6.07, 6.45) is -3.86. The third kappa shape index (κ3) is 4.11. The van der Waals surface area contributed by atoms with Crippen molar-refractivity contribution in [2.75, 3.05) is 0 Å². The van der Waals surface area contributed by atoms with Gasteiger partial charge in [0.2, 0.25) is 5.91 Å². The minimum atomic E-state index is -4.44. The van der Waals surface area contributed by atoms with Crippen LogP contribution in [0.25, 0.3) is 0 Å². The summed E-state index contributed by atoms with van der Waals surface area (Å²) < 4.78 is 37.9. The minimum Gasteiger partial charge on any atom is -0.481 e. The number of rotatable bonds is 4. The van der Waals surface area contributed by atoms with Crippen molar-refractivity contribution in [3.05, 3.63) is 0 Å². The Labute approximate surface area is 109 Å². The Morgan fingerprint density at radius 2 is 1.84 bits per heavy atom. The predicted octanol–water partition coefficient (Wildman–Crippen LogP) is 2.33. The summed E-state index contributed by atoms with van der Waals surface area (Å²) >= 11 is 0. The molecular formula is C12H18F3NO3. The summed E-state index contributed by atoms with van der Waals surface area (Å²) in [5.41, 5.74) is -2.08. The maximum atomic E-state index is 12.6. The molecule has 0 heterocycles. The number of hydrogen-bond acceptors (Lipinski definition) is 2. The molecule has 0 saturated heterocycles. The fourth-order valence-electron chi connectivity index (χ4n) is 2.12. The maximum absolute atomic E-state index is 12.6. The molecule has 0 bridgehead atoms. The maximum Gasteiger partial charge on any atom is 0.394 e. The lowest BCUT2D eigenvalue weighted by molar-refractivity contribution is -0.213. The molecule has 1 aliphatic rings. The van der Waals surface area contributed by atoms with E-state index in [0.29, 0.717) is 12.8 Å². The van der Waals surface area contributed by atoms with Gasteiger partial charge in [-0.15, -0.1) is 0 Å². The number of nitrogens with one attached hydrogen (secondary N) is 1. The van der Waals surface area contributed by atoms with Crippen LogP contribution in [0.5, 0.6) is 0 Å². The van der Waals surface area contributed by atoms with Crippen LogP contribution in [0.3, 0.4) is 0 Å². The van der Waals surface area contributed by atoms with E-state index in [9.17, 15) is 22.8 Å². The number of aliphatic carboxylic acids is 1. The van der Waals surface area contributed by atoms with Gasteiger partial charge in [0, 0.05) is 12.5 Å². The van der Waals surface area contributed by atoms with Crippen molar-refractivity contribution < 1.29 is 27.9 Å².